The molecule has 1 aliphatic rings. The summed E-state index contributed by atoms with van der Waals surface area (Å²) < 4.78 is 0. The Bertz CT molecular complexity index is 422. The van der Waals surface area contributed by atoms with Crippen LogP contribution in [-0.2, 0) is 4.79 Å². The second-order valence-electron chi connectivity index (χ2n) is 4.45. The number of aliphatic carboxylic acids is 1. The van der Waals surface area contributed by atoms with Crippen molar-refractivity contribution < 1.29 is 9.90 Å². The Hall–Kier alpha value is -1.77. The largest absolute Gasteiger partial charge is 0.478 e. The fourth-order valence-corrected chi connectivity index (χ4v) is 2.26. The van der Waals surface area contributed by atoms with Gasteiger partial charge in [0.2, 0.25) is 0 Å². The van der Waals surface area contributed by atoms with Crippen molar-refractivity contribution in [2.45, 2.75) is 25.8 Å². The number of benzene rings is 1. The van der Waals surface area contributed by atoms with Crippen molar-refractivity contribution in [3.8, 4) is 0 Å². The first-order chi connectivity index (χ1) is 8.16. The molecule has 1 N–H and O–H groups in total. The molecule has 0 aliphatic carbocycles. The zero-order valence-corrected chi connectivity index (χ0v) is 9.97. The molecule has 3 nitrogen and oxygen atoms in total. The smallest absolute Gasteiger partial charge is 0.328 e. The number of carbonyl (C=O) groups is 1. The molecule has 1 saturated heterocycles. The van der Waals surface area contributed by atoms with Gasteiger partial charge in [-0.1, -0.05) is 12.1 Å². The minimum atomic E-state index is -0.915. The van der Waals surface area contributed by atoms with Gasteiger partial charge in [0, 0.05) is 24.4 Å². The number of anilines is 1. The maximum Gasteiger partial charge on any atom is 0.328 e. The van der Waals surface area contributed by atoms with Crippen LogP contribution >= 0.6 is 0 Å². The molecule has 1 aliphatic heterocycles. The van der Waals surface area contributed by atoms with E-state index in [1.54, 1.807) is 6.08 Å². The van der Waals surface area contributed by atoms with Gasteiger partial charge in [-0.2, -0.15) is 0 Å². The van der Waals surface area contributed by atoms with E-state index < -0.39 is 5.97 Å². The Labute approximate surface area is 101 Å². The topological polar surface area (TPSA) is 40.5 Å². The van der Waals surface area contributed by atoms with E-state index >= 15 is 0 Å². The van der Waals surface area contributed by atoms with Gasteiger partial charge in [0.05, 0.1) is 0 Å². The molecule has 2 rings (SSSR count). The van der Waals surface area contributed by atoms with Gasteiger partial charge in [-0.15, -0.1) is 0 Å². The zero-order chi connectivity index (χ0) is 12.3. The Morgan fingerprint density at radius 1 is 1.41 bits per heavy atom. The minimum absolute atomic E-state index is 0.607. The summed E-state index contributed by atoms with van der Waals surface area (Å²) in [6.45, 7) is 3.36. The molecule has 0 bridgehead atoms. The van der Waals surface area contributed by atoms with Crippen LogP contribution in [0.4, 0.5) is 5.69 Å². The Kier molecular flexibility index (Phi) is 3.47. The van der Waals surface area contributed by atoms with E-state index in [1.165, 1.54) is 18.5 Å². The lowest BCUT2D eigenvalue weighted by Crippen LogP contribution is -2.25. The highest BCUT2D eigenvalue weighted by Crippen LogP contribution is 2.25. The third-order valence-electron chi connectivity index (χ3n) is 3.20. The minimum Gasteiger partial charge on any atom is -0.478 e. The fourth-order valence-electron chi connectivity index (χ4n) is 2.26. The molecule has 0 spiro atoms. The average Bonchev–Trinajstić information content (AvgIpc) is 2.73. The zero-order valence-electron chi connectivity index (χ0n) is 9.97. The lowest BCUT2D eigenvalue weighted by atomic mass is 10.1. The summed E-state index contributed by atoms with van der Waals surface area (Å²) in [4.78, 5) is 12.8. The first-order valence-corrected chi connectivity index (χ1v) is 5.94. The monoisotopic (exact) mass is 231 g/mol. The van der Waals surface area contributed by atoms with Crippen molar-refractivity contribution >= 4 is 17.7 Å². The Morgan fingerprint density at radius 3 is 2.65 bits per heavy atom. The first kappa shape index (κ1) is 11.7. The maximum atomic E-state index is 10.4. The number of hydrogen-bond acceptors (Lipinski definition) is 2. The van der Waals surface area contributed by atoms with Gasteiger partial charge in [0.1, 0.15) is 0 Å². The summed E-state index contributed by atoms with van der Waals surface area (Å²) in [6, 6.07) is 8.64. The van der Waals surface area contributed by atoms with Crippen LogP contribution < -0.4 is 4.90 Å². The predicted octanol–water partition coefficient (Wildman–Crippen LogP) is 2.77. The molecule has 0 radical (unpaired) electrons. The van der Waals surface area contributed by atoms with Gasteiger partial charge in [-0.3, -0.25) is 0 Å². The van der Waals surface area contributed by atoms with Crippen LogP contribution in [0.15, 0.2) is 30.3 Å². The van der Waals surface area contributed by atoms with Gasteiger partial charge in [-0.25, -0.2) is 4.79 Å². The molecule has 1 heterocycles. The van der Waals surface area contributed by atoms with Gasteiger partial charge in [-0.05, 0) is 43.5 Å². The normalized spacial score (nSPS) is 20.1. The molecule has 1 aromatic carbocycles. The van der Waals surface area contributed by atoms with Gasteiger partial charge in [0.25, 0.3) is 0 Å². The van der Waals surface area contributed by atoms with E-state index in [1.807, 2.05) is 12.1 Å². The van der Waals surface area contributed by atoms with Gasteiger partial charge in [0.15, 0.2) is 0 Å². The first-order valence-electron chi connectivity index (χ1n) is 5.94. The quantitative estimate of drug-likeness (QED) is 0.813. The third kappa shape index (κ3) is 2.87. The summed E-state index contributed by atoms with van der Waals surface area (Å²) in [6.07, 6.45) is 5.27. The number of rotatable bonds is 3. The van der Waals surface area contributed by atoms with Crippen LogP contribution in [0.3, 0.4) is 0 Å². The molecule has 3 heteroatoms. The lowest BCUT2D eigenvalue weighted by Gasteiger charge is -2.23. The number of hydrogen-bond donors (Lipinski definition) is 1. The molecular formula is C14H17NO2. The number of nitrogens with zero attached hydrogens (tertiary/aromatic N) is 1. The van der Waals surface area contributed by atoms with Crippen LogP contribution in [0.2, 0.25) is 0 Å². The standard InChI is InChI=1S/C14H17NO2/c1-11-3-2-10-15(11)13-7-4-12(5-8-13)6-9-14(16)17/h4-9,11H,2-3,10H2,1H3,(H,16,17)/b9-6+. The second kappa shape index (κ2) is 5.04. The molecule has 1 aromatic rings. The molecular weight excluding hydrogens is 214 g/mol. The molecule has 90 valence electrons. The van der Waals surface area contributed by atoms with Crippen LogP contribution in [0, 0.1) is 0 Å². The highest BCUT2D eigenvalue weighted by molar-refractivity contribution is 5.85. The van der Waals surface area contributed by atoms with Crippen molar-refractivity contribution in [3.63, 3.8) is 0 Å². The van der Waals surface area contributed by atoms with Crippen LogP contribution in [0.1, 0.15) is 25.3 Å². The summed E-state index contributed by atoms with van der Waals surface area (Å²) in [5.41, 5.74) is 2.14. The van der Waals surface area contributed by atoms with E-state index in [-0.39, 0.29) is 0 Å². The molecule has 0 saturated carbocycles. The highest BCUT2D eigenvalue weighted by Gasteiger charge is 2.19. The Balaban J connectivity index is 2.10. The van der Waals surface area contributed by atoms with Crippen LogP contribution in [0.5, 0.6) is 0 Å². The van der Waals surface area contributed by atoms with Crippen LogP contribution in [0.25, 0.3) is 6.08 Å². The molecule has 1 unspecified atom stereocenters. The number of carboxylic acids is 1. The van der Waals surface area contributed by atoms with E-state index in [2.05, 4.69) is 24.0 Å². The third-order valence-corrected chi connectivity index (χ3v) is 3.20. The van der Waals surface area contributed by atoms with Crippen molar-refractivity contribution in [2.75, 3.05) is 11.4 Å². The second-order valence-corrected chi connectivity index (χ2v) is 4.45. The SMILES string of the molecule is CC1CCCN1c1ccc(/C=C/C(=O)O)cc1. The molecule has 1 fully saturated rings. The molecule has 1 atom stereocenters. The van der Waals surface area contributed by atoms with E-state index in [4.69, 9.17) is 5.11 Å². The predicted molar refractivity (Wildman–Crippen MR) is 69.2 cm³/mol. The van der Waals surface area contributed by atoms with Gasteiger partial charge >= 0.3 is 5.97 Å². The molecule has 0 amide bonds. The van der Waals surface area contributed by atoms with E-state index in [0.29, 0.717) is 6.04 Å². The Morgan fingerprint density at radius 2 is 2.12 bits per heavy atom. The average molecular weight is 231 g/mol. The summed E-state index contributed by atoms with van der Waals surface area (Å²) >= 11 is 0. The van der Waals surface area contributed by atoms with Crippen molar-refractivity contribution in [2.24, 2.45) is 0 Å². The fraction of sp³-hybridized carbons (Fsp3) is 0.357. The lowest BCUT2D eigenvalue weighted by molar-refractivity contribution is -0.131. The maximum absolute atomic E-state index is 10.4. The van der Waals surface area contributed by atoms with E-state index in [0.717, 1.165) is 18.2 Å². The molecule has 17 heavy (non-hydrogen) atoms. The summed E-state index contributed by atoms with van der Waals surface area (Å²) in [5.74, 6) is -0.915. The highest BCUT2D eigenvalue weighted by atomic mass is 16.4. The molecule has 0 aromatic heterocycles. The van der Waals surface area contributed by atoms with Crippen LogP contribution in [-0.4, -0.2) is 23.7 Å². The van der Waals surface area contributed by atoms with Gasteiger partial charge < -0.3 is 10.0 Å². The summed E-state index contributed by atoms with van der Waals surface area (Å²) in [5, 5.41) is 8.54. The number of carboxylic acid groups (broad SMARTS) is 1. The van der Waals surface area contributed by atoms with Crippen molar-refractivity contribution in [3.05, 3.63) is 35.9 Å². The van der Waals surface area contributed by atoms with Crippen molar-refractivity contribution in [1.29, 1.82) is 0 Å². The van der Waals surface area contributed by atoms with Crippen molar-refractivity contribution in [1.82, 2.24) is 0 Å². The summed E-state index contributed by atoms with van der Waals surface area (Å²) in [7, 11) is 0. The van der Waals surface area contributed by atoms with E-state index in [9.17, 15) is 4.79 Å².